The summed E-state index contributed by atoms with van der Waals surface area (Å²) in [5.41, 5.74) is 2.18. The van der Waals surface area contributed by atoms with Gasteiger partial charge in [-0.2, -0.15) is 0 Å². The van der Waals surface area contributed by atoms with E-state index in [1.54, 1.807) is 0 Å². The number of rotatable bonds is 2. The van der Waals surface area contributed by atoms with Crippen LogP contribution in [-0.4, -0.2) is 32.1 Å². The highest BCUT2D eigenvalue weighted by molar-refractivity contribution is 5.46. The Hall–Kier alpha value is -1.42. The van der Waals surface area contributed by atoms with Crippen molar-refractivity contribution in [2.45, 2.75) is 52.1 Å². The Morgan fingerprint density at radius 1 is 1.26 bits per heavy atom. The molecule has 1 unspecified atom stereocenters. The van der Waals surface area contributed by atoms with Gasteiger partial charge in [-0.05, 0) is 51.8 Å². The van der Waals surface area contributed by atoms with E-state index in [4.69, 9.17) is 0 Å². The molecule has 1 aliphatic rings. The van der Waals surface area contributed by atoms with Crippen molar-refractivity contribution in [3.63, 3.8) is 0 Å². The highest BCUT2D eigenvalue weighted by Gasteiger charge is 2.29. The topological polar surface area (TPSA) is 33.4 Å². The molecule has 2 aromatic rings. The van der Waals surface area contributed by atoms with Crippen molar-refractivity contribution in [3.8, 4) is 0 Å². The van der Waals surface area contributed by atoms with Gasteiger partial charge in [-0.1, -0.05) is 12.5 Å². The highest BCUT2D eigenvalue weighted by atomic mass is 15.3. The van der Waals surface area contributed by atoms with Gasteiger partial charge in [0.15, 0.2) is 11.5 Å². The lowest BCUT2D eigenvalue weighted by Crippen LogP contribution is -2.39. The lowest BCUT2D eigenvalue weighted by molar-refractivity contribution is 0.105. The molecule has 2 aromatic heterocycles. The van der Waals surface area contributed by atoms with Crippen LogP contribution in [0.1, 0.15) is 50.5 Å². The molecule has 0 aliphatic carbocycles. The van der Waals surface area contributed by atoms with E-state index >= 15 is 0 Å². The Kier molecular flexibility index (Phi) is 3.27. The van der Waals surface area contributed by atoms with Crippen LogP contribution in [-0.2, 0) is 0 Å². The van der Waals surface area contributed by atoms with Crippen LogP contribution in [0.15, 0.2) is 18.3 Å². The summed E-state index contributed by atoms with van der Waals surface area (Å²) < 4.78 is 2.17. The maximum atomic E-state index is 4.48. The van der Waals surface area contributed by atoms with Crippen LogP contribution in [0.2, 0.25) is 0 Å². The van der Waals surface area contributed by atoms with Crippen molar-refractivity contribution in [1.82, 2.24) is 19.5 Å². The summed E-state index contributed by atoms with van der Waals surface area (Å²) in [6.45, 7) is 7.80. The molecule has 1 aliphatic heterocycles. The summed E-state index contributed by atoms with van der Waals surface area (Å²) in [7, 11) is 0. The smallest absolute Gasteiger partial charge is 0.163 e. The number of hydrogen-bond donors (Lipinski definition) is 0. The van der Waals surface area contributed by atoms with E-state index in [0.717, 1.165) is 11.5 Å². The molecule has 0 amide bonds. The lowest BCUT2D eigenvalue weighted by Gasteiger charge is -2.37. The second-order valence-corrected chi connectivity index (χ2v) is 5.79. The first-order chi connectivity index (χ1) is 9.18. The van der Waals surface area contributed by atoms with Crippen molar-refractivity contribution < 1.29 is 0 Å². The summed E-state index contributed by atoms with van der Waals surface area (Å²) in [5.74, 6) is 1.10. The third-order valence-corrected chi connectivity index (χ3v) is 4.16. The average molecular weight is 258 g/mol. The zero-order chi connectivity index (χ0) is 13.4. The maximum Gasteiger partial charge on any atom is 0.163 e. The SMILES string of the molecule is Cc1cccn2c(C3CCCCN3C(C)C)nnc12. The third-order valence-electron chi connectivity index (χ3n) is 4.16. The van der Waals surface area contributed by atoms with Gasteiger partial charge in [0.1, 0.15) is 0 Å². The quantitative estimate of drug-likeness (QED) is 0.830. The molecule has 4 nitrogen and oxygen atoms in total. The molecule has 4 heteroatoms. The van der Waals surface area contributed by atoms with Crippen LogP contribution >= 0.6 is 0 Å². The first-order valence-corrected chi connectivity index (χ1v) is 7.24. The van der Waals surface area contributed by atoms with E-state index in [-0.39, 0.29) is 0 Å². The van der Waals surface area contributed by atoms with Crippen LogP contribution in [0.25, 0.3) is 5.65 Å². The molecule has 3 heterocycles. The van der Waals surface area contributed by atoms with Gasteiger partial charge in [-0.15, -0.1) is 10.2 Å². The number of aryl methyl sites for hydroxylation is 1. The maximum absolute atomic E-state index is 4.48. The number of fused-ring (bicyclic) bond motifs is 1. The summed E-state index contributed by atoms with van der Waals surface area (Å²) in [6.07, 6.45) is 5.86. The molecule has 19 heavy (non-hydrogen) atoms. The fraction of sp³-hybridized carbons (Fsp3) is 0.600. The molecule has 3 rings (SSSR count). The molecular weight excluding hydrogens is 236 g/mol. The molecule has 0 radical (unpaired) electrons. The van der Waals surface area contributed by atoms with Gasteiger partial charge in [0.25, 0.3) is 0 Å². The minimum absolute atomic E-state index is 0.408. The molecule has 1 atom stereocenters. The van der Waals surface area contributed by atoms with Crippen molar-refractivity contribution in [2.75, 3.05) is 6.54 Å². The fourth-order valence-electron chi connectivity index (χ4n) is 3.14. The van der Waals surface area contributed by atoms with Crippen LogP contribution in [0.5, 0.6) is 0 Å². The average Bonchev–Trinajstić information content (AvgIpc) is 2.84. The lowest BCUT2D eigenvalue weighted by atomic mass is 10.00. The number of piperidine rings is 1. The number of hydrogen-bond acceptors (Lipinski definition) is 3. The third kappa shape index (κ3) is 2.14. The van der Waals surface area contributed by atoms with E-state index in [1.807, 2.05) is 0 Å². The van der Waals surface area contributed by atoms with Crippen molar-refractivity contribution in [1.29, 1.82) is 0 Å². The van der Waals surface area contributed by atoms with E-state index < -0.39 is 0 Å². The van der Waals surface area contributed by atoms with Gasteiger partial charge in [0, 0.05) is 12.2 Å². The molecule has 0 saturated carbocycles. The predicted molar refractivity (Wildman–Crippen MR) is 76.2 cm³/mol. The van der Waals surface area contributed by atoms with Gasteiger partial charge in [-0.25, -0.2) is 0 Å². The Bertz CT molecular complexity index is 573. The summed E-state index contributed by atoms with van der Waals surface area (Å²) >= 11 is 0. The molecule has 0 bridgehead atoms. The van der Waals surface area contributed by atoms with Crippen LogP contribution in [0, 0.1) is 6.92 Å². The number of aromatic nitrogens is 3. The van der Waals surface area contributed by atoms with Crippen molar-refractivity contribution in [2.24, 2.45) is 0 Å². The van der Waals surface area contributed by atoms with Crippen LogP contribution in [0.3, 0.4) is 0 Å². The number of nitrogens with zero attached hydrogens (tertiary/aromatic N) is 4. The zero-order valence-corrected chi connectivity index (χ0v) is 12.0. The van der Waals surface area contributed by atoms with Crippen LogP contribution < -0.4 is 0 Å². The standard InChI is InChI=1S/C15H22N4/c1-11(2)18-9-5-4-8-13(18)15-17-16-14-12(3)7-6-10-19(14)15/h6-7,10-11,13H,4-5,8-9H2,1-3H3. The highest BCUT2D eigenvalue weighted by Crippen LogP contribution is 2.31. The van der Waals surface area contributed by atoms with E-state index in [1.165, 1.54) is 31.4 Å². The fourth-order valence-corrected chi connectivity index (χ4v) is 3.14. The molecule has 0 aromatic carbocycles. The van der Waals surface area contributed by atoms with Gasteiger partial charge < -0.3 is 0 Å². The van der Waals surface area contributed by atoms with Gasteiger partial charge in [0.05, 0.1) is 6.04 Å². The zero-order valence-electron chi connectivity index (χ0n) is 12.0. The molecule has 0 spiro atoms. The number of likely N-dealkylation sites (tertiary alicyclic amines) is 1. The van der Waals surface area contributed by atoms with Crippen molar-refractivity contribution >= 4 is 5.65 Å². The Morgan fingerprint density at radius 3 is 2.89 bits per heavy atom. The van der Waals surface area contributed by atoms with Crippen molar-refractivity contribution in [3.05, 3.63) is 29.7 Å². The second-order valence-electron chi connectivity index (χ2n) is 5.79. The normalized spacial score (nSPS) is 21.4. The largest absolute Gasteiger partial charge is 0.291 e. The van der Waals surface area contributed by atoms with E-state index in [9.17, 15) is 0 Å². The van der Waals surface area contributed by atoms with E-state index in [2.05, 4.69) is 58.6 Å². The summed E-state index contributed by atoms with van der Waals surface area (Å²) in [6, 6.07) is 5.14. The predicted octanol–water partition coefficient (Wildman–Crippen LogP) is 2.97. The van der Waals surface area contributed by atoms with Gasteiger partial charge in [0.2, 0.25) is 0 Å². The van der Waals surface area contributed by atoms with Crippen LogP contribution in [0.4, 0.5) is 0 Å². The minimum Gasteiger partial charge on any atom is -0.291 e. The monoisotopic (exact) mass is 258 g/mol. The minimum atomic E-state index is 0.408. The first kappa shape index (κ1) is 12.6. The molecular formula is C15H22N4. The van der Waals surface area contributed by atoms with Gasteiger partial charge in [-0.3, -0.25) is 9.30 Å². The molecule has 0 N–H and O–H groups in total. The molecule has 1 fully saturated rings. The molecule has 102 valence electrons. The number of pyridine rings is 1. The Labute approximate surface area is 114 Å². The first-order valence-electron chi connectivity index (χ1n) is 7.24. The Balaban J connectivity index is 2.05. The Morgan fingerprint density at radius 2 is 2.11 bits per heavy atom. The van der Waals surface area contributed by atoms with Gasteiger partial charge >= 0.3 is 0 Å². The summed E-state index contributed by atoms with van der Waals surface area (Å²) in [5, 5.41) is 8.86. The van der Waals surface area contributed by atoms with E-state index in [0.29, 0.717) is 12.1 Å². The second kappa shape index (κ2) is 4.93. The summed E-state index contributed by atoms with van der Waals surface area (Å²) in [4.78, 5) is 2.56. The molecule has 1 saturated heterocycles.